The monoisotopic (exact) mass is 248 g/mol. The van der Waals surface area contributed by atoms with E-state index in [-0.39, 0.29) is 11.3 Å². The highest BCUT2D eigenvalue weighted by Crippen LogP contribution is 2.29. The number of nitrogens with one attached hydrogen (secondary N) is 2. The third-order valence-electron chi connectivity index (χ3n) is 3.08. The fraction of sp³-hybridized carbons (Fsp3) is 1.00. The Morgan fingerprint density at radius 3 is 2.38 bits per heavy atom. The lowest BCUT2D eigenvalue weighted by Crippen LogP contribution is -2.45. The van der Waals surface area contributed by atoms with Crippen LogP contribution in [0.2, 0.25) is 0 Å². The van der Waals surface area contributed by atoms with Gasteiger partial charge in [0.05, 0.1) is 5.75 Å². The molecule has 0 amide bonds. The molecule has 0 saturated heterocycles. The summed E-state index contributed by atoms with van der Waals surface area (Å²) in [4.78, 5) is 0. The van der Waals surface area contributed by atoms with E-state index in [4.69, 9.17) is 0 Å². The summed E-state index contributed by atoms with van der Waals surface area (Å²) in [5.41, 5.74) is -0.191. The Morgan fingerprint density at radius 2 is 1.81 bits per heavy atom. The fourth-order valence-electron chi connectivity index (χ4n) is 2.19. The molecule has 0 aliphatic heterocycles. The molecule has 0 heterocycles. The largest absolute Gasteiger partial charge is 0.316 e. The Kier molecular flexibility index (Phi) is 5.21. The second kappa shape index (κ2) is 5.98. The van der Waals surface area contributed by atoms with Gasteiger partial charge in [-0.2, -0.15) is 0 Å². The number of hydrogen-bond acceptors (Lipinski definition) is 3. The van der Waals surface area contributed by atoms with Crippen molar-refractivity contribution in [2.75, 3.05) is 18.8 Å². The molecule has 0 unspecified atom stereocenters. The SMILES string of the molecule is CCCNCCS(=O)(=O)NC1(C)CCCC1. The van der Waals surface area contributed by atoms with Crippen LogP contribution in [-0.2, 0) is 10.0 Å². The summed E-state index contributed by atoms with van der Waals surface area (Å²) in [7, 11) is -3.12. The first kappa shape index (κ1) is 13.9. The minimum Gasteiger partial charge on any atom is -0.316 e. The van der Waals surface area contributed by atoms with Crippen LogP contribution in [0.5, 0.6) is 0 Å². The summed E-state index contributed by atoms with van der Waals surface area (Å²) in [6, 6.07) is 0. The van der Waals surface area contributed by atoms with Gasteiger partial charge in [-0.1, -0.05) is 19.8 Å². The molecule has 16 heavy (non-hydrogen) atoms. The van der Waals surface area contributed by atoms with Crippen molar-refractivity contribution in [2.24, 2.45) is 0 Å². The van der Waals surface area contributed by atoms with Crippen LogP contribution in [0.25, 0.3) is 0 Å². The summed E-state index contributed by atoms with van der Waals surface area (Å²) in [6.07, 6.45) is 5.23. The van der Waals surface area contributed by atoms with Crippen molar-refractivity contribution in [2.45, 2.75) is 51.5 Å². The van der Waals surface area contributed by atoms with Crippen molar-refractivity contribution in [1.29, 1.82) is 0 Å². The number of hydrogen-bond donors (Lipinski definition) is 2. The first-order valence-corrected chi connectivity index (χ1v) is 7.85. The molecule has 5 heteroatoms. The topological polar surface area (TPSA) is 58.2 Å². The summed E-state index contributed by atoms with van der Waals surface area (Å²) in [6.45, 7) is 5.50. The zero-order valence-corrected chi connectivity index (χ0v) is 11.2. The minimum absolute atomic E-state index is 0.183. The van der Waals surface area contributed by atoms with E-state index in [1.807, 2.05) is 6.92 Å². The predicted molar refractivity (Wildman–Crippen MR) is 67.0 cm³/mol. The molecular formula is C11H24N2O2S. The molecule has 1 aliphatic rings. The Bertz CT molecular complexity index is 295. The third-order valence-corrected chi connectivity index (χ3v) is 4.63. The van der Waals surface area contributed by atoms with Crippen LogP contribution in [0, 0.1) is 0 Å². The maximum absolute atomic E-state index is 11.8. The fourth-order valence-corrected chi connectivity index (χ4v) is 3.66. The molecule has 0 aromatic rings. The second-order valence-corrected chi connectivity index (χ2v) is 6.78. The van der Waals surface area contributed by atoms with Crippen LogP contribution in [0.15, 0.2) is 0 Å². The standard InChI is InChI=1S/C11H24N2O2S/c1-3-8-12-9-10-16(14,15)13-11(2)6-4-5-7-11/h12-13H,3-10H2,1-2H3. The molecule has 1 fully saturated rings. The van der Waals surface area contributed by atoms with Crippen LogP contribution in [0.3, 0.4) is 0 Å². The van der Waals surface area contributed by atoms with Crippen LogP contribution in [0.4, 0.5) is 0 Å². The molecule has 0 aromatic heterocycles. The van der Waals surface area contributed by atoms with Gasteiger partial charge in [-0.05, 0) is 32.7 Å². The van der Waals surface area contributed by atoms with Crippen LogP contribution in [-0.4, -0.2) is 32.8 Å². The Balaban J connectivity index is 2.33. The van der Waals surface area contributed by atoms with E-state index in [0.717, 1.165) is 38.6 Å². The Hall–Kier alpha value is -0.130. The maximum atomic E-state index is 11.8. The van der Waals surface area contributed by atoms with E-state index in [1.54, 1.807) is 0 Å². The van der Waals surface area contributed by atoms with Gasteiger partial charge in [0.25, 0.3) is 0 Å². The highest BCUT2D eigenvalue weighted by molar-refractivity contribution is 7.89. The minimum atomic E-state index is -3.12. The van der Waals surface area contributed by atoms with Crippen molar-refractivity contribution >= 4 is 10.0 Å². The first-order chi connectivity index (χ1) is 7.47. The van der Waals surface area contributed by atoms with E-state index in [2.05, 4.69) is 17.0 Å². The van der Waals surface area contributed by atoms with Gasteiger partial charge >= 0.3 is 0 Å². The molecule has 0 bridgehead atoms. The zero-order chi connectivity index (χ0) is 12.1. The molecule has 96 valence electrons. The Morgan fingerprint density at radius 1 is 1.19 bits per heavy atom. The highest BCUT2D eigenvalue weighted by atomic mass is 32.2. The van der Waals surface area contributed by atoms with Crippen LogP contribution < -0.4 is 10.0 Å². The lowest BCUT2D eigenvalue weighted by Gasteiger charge is -2.24. The van der Waals surface area contributed by atoms with Crippen molar-refractivity contribution < 1.29 is 8.42 Å². The van der Waals surface area contributed by atoms with Gasteiger partial charge in [0.2, 0.25) is 10.0 Å². The van der Waals surface area contributed by atoms with Crippen molar-refractivity contribution in [1.82, 2.24) is 10.0 Å². The summed E-state index contributed by atoms with van der Waals surface area (Å²) in [5.74, 6) is 0.183. The molecular weight excluding hydrogens is 224 g/mol. The smallest absolute Gasteiger partial charge is 0.213 e. The van der Waals surface area contributed by atoms with Gasteiger partial charge in [-0.3, -0.25) is 0 Å². The average molecular weight is 248 g/mol. The van der Waals surface area contributed by atoms with E-state index in [0.29, 0.717) is 6.54 Å². The Labute approximate surface area is 99.2 Å². The quantitative estimate of drug-likeness (QED) is 0.666. The predicted octanol–water partition coefficient (Wildman–Crippen LogP) is 1.24. The first-order valence-electron chi connectivity index (χ1n) is 6.20. The normalized spacial score (nSPS) is 20.1. The van der Waals surface area contributed by atoms with Crippen molar-refractivity contribution in [3.8, 4) is 0 Å². The highest BCUT2D eigenvalue weighted by Gasteiger charge is 2.32. The van der Waals surface area contributed by atoms with Crippen LogP contribution in [0.1, 0.15) is 46.0 Å². The molecule has 0 aromatic carbocycles. The number of rotatable bonds is 7. The molecule has 0 atom stereocenters. The second-order valence-electron chi connectivity index (χ2n) is 4.94. The molecule has 1 saturated carbocycles. The van der Waals surface area contributed by atoms with E-state index in [9.17, 15) is 8.42 Å². The van der Waals surface area contributed by atoms with E-state index in [1.165, 1.54) is 0 Å². The maximum Gasteiger partial charge on any atom is 0.213 e. The van der Waals surface area contributed by atoms with Gasteiger partial charge in [-0.25, -0.2) is 13.1 Å². The van der Waals surface area contributed by atoms with Crippen LogP contribution >= 0.6 is 0 Å². The molecule has 1 rings (SSSR count). The summed E-state index contributed by atoms with van der Waals surface area (Å²) in [5, 5.41) is 3.11. The van der Waals surface area contributed by atoms with Gasteiger partial charge in [0.15, 0.2) is 0 Å². The van der Waals surface area contributed by atoms with Crippen molar-refractivity contribution in [3.05, 3.63) is 0 Å². The molecule has 0 radical (unpaired) electrons. The summed E-state index contributed by atoms with van der Waals surface area (Å²) >= 11 is 0. The molecule has 2 N–H and O–H groups in total. The van der Waals surface area contributed by atoms with Gasteiger partial charge in [0.1, 0.15) is 0 Å². The van der Waals surface area contributed by atoms with Gasteiger partial charge < -0.3 is 5.32 Å². The lowest BCUT2D eigenvalue weighted by atomic mass is 10.0. The molecule has 1 aliphatic carbocycles. The number of sulfonamides is 1. The third kappa shape index (κ3) is 4.80. The summed E-state index contributed by atoms with van der Waals surface area (Å²) < 4.78 is 26.4. The van der Waals surface area contributed by atoms with Crippen molar-refractivity contribution in [3.63, 3.8) is 0 Å². The zero-order valence-electron chi connectivity index (χ0n) is 10.4. The lowest BCUT2D eigenvalue weighted by molar-refractivity contribution is 0.427. The van der Waals surface area contributed by atoms with E-state index < -0.39 is 10.0 Å². The molecule has 4 nitrogen and oxygen atoms in total. The average Bonchev–Trinajstić information content (AvgIpc) is 2.58. The van der Waals surface area contributed by atoms with Gasteiger partial charge in [0, 0.05) is 12.1 Å². The molecule has 0 spiro atoms. The van der Waals surface area contributed by atoms with E-state index >= 15 is 0 Å². The van der Waals surface area contributed by atoms with Gasteiger partial charge in [-0.15, -0.1) is 0 Å².